The first kappa shape index (κ1) is 17.5. The van der Waals surface area contributed by atoms with Gasteiger partial charge in [0, 0.05) is 23.1 Å². The molecule has 120 valence electrons. The van der Waals surface area contributed by atoms with Crippen molar-refractivity contribution >= 4 is 33.6 Å². The summed E-state index contributed by atoms with van der Waals surface area (Å²) >= 11 is 4.70. The first-order chi connectivity index (χ1) is 11.1. The van der Waals surface area contributed by atoms with Crippen molar-refractivity contribution in [2.45, 2.75) is 5.16 Å². The third-order valence-electron chi connectivity index (χ3n) is 2.96. The van der Waals surface area contributed by atoms with E-state index in [0.717, 1.165) is 10.0 Å². The van der Waals surface area contributed by atoms with Crippen molar-refractivity contribution in [3.8, 4) is 11.4 Å². The molecule has 0 aliphatic carbocycles. The molecule has 0 spiro atoms. The predicted octanol–water partition coefficient (Wildman–Crippen LogP) is 3.53. The van der Waals surface area contributed by atoms with Crippen LogP contribution in [0.5, 0.6) is 0 Å². The van der Waals surface area contributed by atoms with E-state index in [2.05, 4.69) is 44.3 Å². The Hall–Kier alpha value is -1.86. The quantitative estimate of drug-likeness (QED) is 0.551. The third-order valence-corrected chi connectivity index (χ3v) is 4.32. The first-order valence-electron chi connectivity index (χ1n) is 6.94. The van der Waals surface area contributed by atoms with E-state index in [1.54, 1.807) is 17.1 Å². The normalized spacial score (nSPS) is 10.3. The molecule has 2 aromatic rings. The number of thioether (sulfide) groups is 1. The van der Waals surface area contributed by atoms with Gasteiger partial charge in [-0.15, -0.1) is 18.3 Å². The van der Waals surface area contributed by atoms with E-state index < -0.39 is 0 Å². The maximum absolute atomic E-state index is 12.1. The number of hydrogen-bond donors (Lipinski definition) is 1. The van der Waals surface area contributed by atoms with Crippen LogP contribution >= 0.6 is 27.7 Å². The average molecular weight is 393 g/mol. The zero-order valence-electron chi connectivity index (χ0n) is 12.5. The molecule has 0 bridgehead atoms. The molecule has 0 radical (unpaired) electrons. The fourth-order valence-electron chi connectivity index (χ4n) is 1.86. The van der Waals surface area contributed by atoms with Crippen LogP contribution in [0, 0.1) is 0 Å². The summed E-state index contributed by atoms with van der Waals surface area (Å²) in [7, 11) is 0. The highest BCUT2D eigenvalue weighted by atomic mass is 79.9. The van der Waals surface area contributed by atoms with Crippen LogP contribution in [-0.4, -0.2) is 44.8 Å². The molecule has 5 nitrogen and oxygen atoms in total. The molecule has 1 N–H and O–H groups in total. The van der Waals surface area contributed by atoms with Crippen molar-refractivity contribution in [1.82, 2.24) is 20.1 Å². The van der Waals surface area contributed by atoms with Crippen LogP contribution in [0.3, 0.4) is 0 Å². The van der Waals surface area contributed by atoms with Gasteiger partial charge in [-0.25, -0.2) is 4.98 Å². The molecular weight excluding hydrogens is 376 g/mol. The van der Waals surface area contributed by atoms with Crippen molar-refractivity contribution < 1.29 is 4.79 Å². The number of carbonyl (C=O) groups is 1. The fraction of sp³-hybridized carbons (Fsp3) is 0.188. The summed E-state index contributed by atoms with van der Waals surface area (Å²) in [4.78, 5) is 18.2. The van der Waals surface area contributed by atoms with Crippen LogP contribution < -0.4 is 0 Å². The van der Waals surface area contributed by atoms with Gasteiger partial charge in [0.15, 0.2) is 5.82 Å². The number of H-pyrrole nitrogens is 1. The summed E-state index contributed by atoms with van der Waals surface area (Å²) in [5.41, 5.74) is 0.943. The smallest absolute Gasteiger partial charge is 0.233 e. The van der Waals surface area contributed by atoms with Gasteiger partial charge in [0.25, 0.3) is 0 Å². The summed E-state index contributed by atoms with van der Waals surface area (Å²) in [6.45, 7) is 8.32. The second-order valence-corrected chi connectivity index (χ2v) is 6.50. The van der Waals surface area contributed by atoms with Gasteiger partial charge in [-0.1, -0.05) is 52.0 Å². The van der Waals surface area contributed by atoms with Crippen LogP contribution in [-0.2, 0) is 4.79 Å². The predicted molar refractivity (Wildman–Crippen MR) is 97.2 cm³/mol. The SMILES string of the molecule is C=CCN(CC=C)C(=O)CSc1n[nH]c(-c2ccc(Br)cc2)n1. The Balaban J connectivity index is 1.96. The van der Waals surface area contributed by atoms with Crippen molar-refractivity contribution in [1.29, 1.82) is 0 Å². The lowest BCUT2D eigenvalue weighted by Gasteiger charge is -2.18. The number of amides is 1. The van der Waals surface area contributed by atoms with Gasteiger partial charge in [-0.3, -0.25) is 9.89 Å². The Morgan fingerprint density at radius 3 is 2.52 bits per heavy atom. The van der Waals surface area contributed by atoms with E-state index in [9.17, 15) is 4.79 Å². The van der Waals surface area contributed by atoms with Gasteiger partial charge < -0.3 is 4.90 Å². The second kappa shape index (κ2) is 8.69. The Labute approximate surface area is 148 Å². The summed E-state index contributed by atoms with van der Waals surface area (Å²) in [5.74, 6) is 0.963. The molecule has 0 fully saturated rings. The molecule has 1 aromatic carbocycles. The number of benzene rings is 1. The topological polar surface area (TPSA) is 61.9 Å². The Kier molecular flexibility index (Phi) is 6.61. The molecular formula is C16H17BrN4OS. The lowest BCUT2D eigenvalue weighted by Crippen LogP contribution is -2.32. The molecule has 0 saturated heterocycles. The molecule has 0 unspecified atom stereocenters. The van der Waals surface area contributed by atoms with E-state index in [-0.39, 0.29) is 11.7 Å². The fourth-order valence-corrected chi connectivity index (χ4v) is 2.82. The van der Waals surface area contributed by atoms with E-state index >= 15 is 0 Å². The summed E-state index contributed by atoms with van der Waals surface area (Å²) < 4.78 is 1.01. The van der Waals surface area contributed by atoms with Crippen molar-refractivity contribution in [3.05, 3.63) is 54.0 Å². The Morgan fingerprint density at radius 2 is 1.91 bits per heavy atom. The van der Waals surface area contributed by atoms with E-state index in [1.807, 2.05) is 24.3 Å². The van der Waals surface area contributed by atoms with Crippen LogP contribution in [0.15, 0.2) is 59.2 Å². The Morgan fingerprint density at radius 1 is 1.26 bits per heavy atom. The number of aromatic amines is 1. The van der Waals surface area contributed by atoms with Crippen LogP contribution in [0.1, 0.15) is 0 Å². The first-order valence-corrected chi connectivity index (χ1v) is 8.72. The van der Waals surface area contributed by atoms with E-state index in [4.69, 9.17) is 0 Å². The maximum atomic E-state index is 12.1. The van der Waals surface area contributed by atoms with Gasteiger partial charge in [0.05, 0.1) is 5.75 Å². The zero-order valence-corrected chi connectivity index (χ0v) is 14.9. The van der Waals surface area contributed by atoms with Crippen LogP contribution in [0.25, 0.3) is 11.4 Å². The minimum absolute atomic E-state index is 0.00444. The monoisotopic (exact) mass is 392 g/mol. The lowest BCUT2D eigenvalue weighted by molar-refractivity contribution is -0.127. The molecule has 1 heterocycles. The number of nitrogens with one attached hydrogen (secondary N) is 1. The lowest BCUT2D eigenvalue weighted by atomic mass is 10.2. The number of nitrogens with zero attached hydrogens (tertiary/aromatic N) is 3. The molecule has 1 amide bonds. The number of aromatic nitrogens is 3. The molecule has 23 heavy (non-hydrogen) atoms. The van der Waals surface area contributed by atoms with Crippen molar-refractivity contribution in [2.75, 3.05) is 18.8 Å². The molecule has 1 aromatic heterocycles. The number of carbonyl (C=O) groups excluding carboxylic acids is 1. The number of halogens is 1. The largest absolute Gasteiger partial charge is 0.335 e. The van der Waals surface area contributed by atoms with Crippen LogP contribution in [0.2, 0.25) is 0 Å². The van der Waals surface area contributed by atoms with Gasteiger partial charge in [0.1, 0.15) is 0 Å². The zero-order chi connectivity index (χ0) is 16.7. The van der Waals surface area contributed by atoms with Crippen LogP contribution in [0.4, 0.5) is 0 Å². The van der Waals surface area contributed by atoms with Crippen molar-refractivity contribution in [3.63, 3.8) is 0 Å². The summed E-state index contributed by atoms with van der Waals surface area (Å²) in [6, 6.07) is 7.77. The summed E-state index contributed by atoms with van der Waals surface area (Å²) in [6.07, 6.45) is 3.40. The molecule has 0 aliphatic rings. The van der Waals surface area contributed by atoms with Gasteiger partial charge in [-0.2, -0.15) is 0 Å². The second-order valence-electron chi connectivity index (χ2n) is 4.64. The standard InChI is InChI=1S/C16H17BrN4OS/c1-3-9-21(10-4-2)14(22)11-23-16-18-15(19-20-16)12-5-7-13(17)8-6-12/h3-8H,1-2,9-11H2,(H,18,19,20). The number of hydrogen-bond acceptors (Lipinski definition) is 4. The highest BCUT2D eigenvalue weighted by molar-refractivity contribution is 9.10. The molecule has 0 atom stereocenters. The van der Waals surface area contributed by atoms with Gasteiger partial charge in [-0.05, 0) is 12.1 Å². The highest BCUT2D eigenvalue weighted by Crippen LogP contribution is 2.21. The minimum Gasteiger partial charge on any atom is -0.335 e. The molecule has 0 aliphatic heterocycles. The van der Waals surface area contributed by atoms with Crippen molar-refractivity contribution in [2.24, 2.45) is 0 Å². The minimum atomic E-state index is 0.00444. The molecule has 0 saturated carbocycles. The molecule has 7 heteroatoms. The maximum Gasteiger partial charge on any atom is 0.233 e. The average Bonchev–Trinajstić information content (AvgIpc) is 3.02. The van der Waals surface area contributed by atoms with Gasteiger partial charge >= 0.3 is 0 Å². The Bertz CT molecular complexity index is 674. The summed E-state index contributed by atoms with van der Waals surface area (Å²) in [5, 5.41) is 7.58. The van der Waals surface area contributed by atoms with Gasteiger partial charge in [0.2, 0.25) is 11.1 Å². The number of rotatable bonds is 8. The van der Waals surface area contributed by atoms with E-state index in [1.165, 1.54) is 11.8 Å². The van der Waals surface area contributed by atoms with E-state index in [0.29, 0.717) is 24.1 Å². The highest BCUT2D eigenvalue weighted by Gasteiger charge is 2.13. The molecule has 2 rings (SSSR count). The third kappa shape index (κ3) is 5.07.